The maximum absolute atomic E-state index is 12.3. The van der Waals surface area contributed by atoms with Crippen molar-refractivity contribution >= 4 is 34.2 Å². The van der Waals surface area contributed by atoms with Crippen LogP contribution in [0.3, 0.4) is 0 Å². The lowest BCUT2D eigenvalue weighted by molar-refractivity contribution is 0.0951. The van der Waals surface area contributed by atoms with E-state index in [1.54, 1.807) is 30.5 Å². The van der Waals surface area contributed by atoms with Gasteiger partial charge in [0.2, 0.25) is 0 Å². The molecule has 0 spiro atoms. The van der Waals surface area contributed by atoms with Crippen LogP contribution in [0, 0.1) is 0 Å². The number of amides is 1. The average Bonchev–Trinajstić information content (AvgIpc) is 3.04. The van der Waals surface area contributed by atoms with Crippen LogP contribution in [0.5, 0.6) is 0 Å². The average molecular weight is 341 g/mol. The maximum atomic E-state index is 12.3. The Morgan fingerprint density at radius 3 is 2.79 bits per heavy atom. The molecule has 2 aromatic heterocycles. The highest BCUT2D eigenvalue weighted by atomic mass is 32.1. The van der Waals surface area contributed by atoms with Gasteiger partial charge in [-0.1, -0.05) is 32.0 Å². The summed E-state index contributed by atoms with van der Waals surface area (Å²) in [5.41, 5.74) is 2.21. The Bertz CT molecular complexity index is 974. The van der Waals surface area contributed by atoms with Crippen molar-refractivity contribution in [3.8, 4) is 0 Å². The maximum Gasteiger partial charge on any atom is 0.292 e. The van der Waals surface area contributed by atoms with Crippen molar-refractivity contribution in [2.75, 3.05) is 0 Å². The minimum atomic E-state index is -0.493. The smallest absolute Gasteiger partial charge is 0.267 e. The minimum Gasteiger partial charge on any atom is -0.267 e. The molecule has 0 aliphatic heterocycles. The molecule has 0 fully saturated rings. The second-order valence-corrected chi connectivity index (χ2v) is 6.50. The van der Waals surface area contributed by atoms with Gasteiger partial charge in [-0.15, -0.1) is 11.3 Å². The first-order chi connectivity index (χ1) is 11.6. The number of hydrogen-bond acceptors (Lipinski definition) is 6. The molecule has 0 aliphatic rings. The van der Waals surface area contributed by atoms with Crippen LogP contribution in [0.15, 0.2) is 40.4 Å². The van der Waals surface area contributed by atoms with Crippen molar-refractivity contribution < 1.29 is 4.79 Å². The highest BCUT2D eigenvalue weighted by molar-refractivity contribution is 7.13. The van der Waals surface area contributed by atoms with Gasteiger partial charge >= 0.3 is 0 Å². The van der Waals surface area contributed by atoms with E-state index in [4.69, 9.17) is 0 Å². The van der Waals surface area contributed by atoms with Crippen molar-refractivity contribution in [1.29, 1.82) is 0 Å². The van der Waals surface area contributed by atoms with Crippen LogP contribution < -0.4 is 11.0 Å². The molecule has 0 bridgehead atoms. The quantitative estimate of drug-likeness (QED) is 0.561. The minimum absolute atomic E-state index is 0.120. The number of aromatic amines is 1. The number of carbonyl (C=O) groups excluding carboxylic acids is 1. The summed E-state index contributed by atoms with van der Waals surface area (Å²) in [6.45, 7) is 4.13. The van der Waals surface area contributed by atoms with Gasteiger partial charge in [-0.3, -0.25) is 9.59 Å². The van der Waals surface area contributed by atoms with E-state index in [0.29, 0.717) is 16.7 Å². The predicted octanol–water partition coefficient (Wildman–Crippen LogP) is 2.27. The molecule has 8 heteroatoms. The van der Waals surface area contributed by atoms with Crippen LogP contribution in [-0.2, 0) is 0 Å². The Kier molecular flexibility index (Phi) is 4.48. The van der Waals surface area contributed by atoms with Crippen molar-refractivity contribution in [1.82, 2.24) is 20.6 Å². The monoisotopic (exact) mass is 341 g/mol. The highest BCUT2D eigenvalue weighted by Crippen LogP contribution is 2.19. The molecule has 0 aliphatic carbocycles. The first-order valence-corrected chi connectivity index (χ1v) is 8.14. The van der Waals surface area contributed by atoms with E-state index in [-0.39, 0.29) is 11.3 Å². The van der Waals surface area contributed by atoms with E-state index in [1.165, 1.54) is 17.6 Å². The molecule has 122 valence electrons. The van der Waals surface area contributed by atoms with E-state index in [2.05, 4.69) is 39.6 Å². The van der Waals surface area contributed by atoms with Gasteiger partial charge in [-0.25, -0.2) is 15.5 Å². The lowest BCUT2D eigenvalue weighted by atomic mass is 10.1. The molecule has 24 heavy (non-hydrogen) atoms. The van der Waals surface area contributed by atoms with E-state index in [0.717, 1.165) is 9.88 Å². The third-order valence-corrected chi connectivity index (χ3v) is 4.54. The second kappa shape index (κ2) is 6.71. The number of hydrazone groups is 1. The topological polar surface area (TPSA) is 100 Å². The third kappa shape index (κ3) is 3.23. The largest absolute Gasteiger partial charge is 0.292 e. The molecular weight excluding hydrogens is 326 g/mol. The number of carbonyl (C=O) groups is 1. The molecular formula is C16H15N5O2S. The fraction of sp³-hybridized carbons (Fsp3) is 0.188. The normalized spacial score (nSPS) is 11.5. The summed E-state index contributed by atoms with van der Waals surface area (Å²) in [5.74, 6) is -0.143. The number of nitrogens with zero attached hydrogens (tertiary/aromatic N) is 3. The number of benzene rings is 1. The summed E-state index contributed by atoms with van der Waals surface area (Å²) in [4.78, 5) is 29.1. The molecule has 3 aromatic rings. The van der Waals surface area contributed by atoms with Crippen molar-refractivity contribution in [3.63, 3.8) is 0 Å². The molecule has 7 nitrogen and oxygen atoms in total. The van der Waals surface area contributed by atoms with Crippen LogP contribution in [-0.4, -0.2) is 27.3 Å². The second-order valence-electron chi connectivity index (χ2n) is 5.40. The van der Waals surface area contributed by atoms with Crippen molar-refractivity contribution in [2.24, 2.45) is 5.10 Å². The van der Waals surface area contributed by atoms with Gasteiger partial charge < -0.3 is 0 Å². The molecule has 1 amide bonds. The standard InChI is InChI=1S/C16H15N5O2S/c1-9(2)16-17-7-10(24-16)8-18-20-15(23)13-11-5-3-4-6-12(11)14(22)21-19-13/h3-9H,1-2H3,(H,20,23)(H,21,22)/b18-8+. The third-order valence-electron chi connectivity index (χ3n) is 3.30. The number of aromatic nitrogens is 3. The van der Waals surface area contributed by atoms with E-state index < -0.39 is 5.91 Å². The molecule has 1 aromatic carbocycles. The molecule has 0 saturated carbocycles. The van der Waals surface area contributed by atoms with Crippen molar-refractivity contribution in [3.05, 3.63) is 56.4 Å². The highest BCUT2D eigenvalue weighted by Gasteiger charge is 2.13. The first kappa shape index (κ1) is 16.0. The first-order valence-electron chi connectivity index (χ1n) is 7.33. The summed E-state index contributed by atoms with van der Waals surface area (Å²) < 4.78 is 0. The fourth-order valence-electron chi connectivity index (χ4n) is 2.12. The van der Waals surface area contributed by atoms with E-state index in [1.807, 2.05) is 0 Å². The van der Waals surface area contributed by atoms with Gasteiger partial charge in [0, 0.05) is 17.5 Å². The predicted molar refractivity (Wildman–Crippen MR) is 93.6 cm³/mol. The fourth-order valence-corrected chi connectivity index (χ4v) is 2.92. The van der Waals surface area contributed by atoms with Gasteiger partial charge in [0.1, 0.15) is 0 Å². The Morgan fingerprint density at radius 1 is 1.33 bits per heavy atom. The number of nitrogens with one attached hydrogen (secondary N) is 2. The molecule has 0 radical (unpaired) electrons. The SMILES string of the molecule is CC(C)c1ncc(/C=N/NC(=O)c2n[nH]c(=O)c3ccccc23)s1. The van der Waals surface area contributed by atoms with Crippen LogP contribution in [0.1, 0.15) is 40.1 Å². The number of rotatable bonds is 4. The number of thiazole rings is 1. The zero-order chi connectivity index (χ0) is 17.1. The Hall–Kier alpha value is -2.87. The Balaban J connectivity index is 1.79. The van der Waals surface area contributed by atoms with Gasteiger partial charge in [-0.05, 0) is 6.07 Å². The Morgan fingerprint density at radius 2 is 2.08 bits per heavy atom. The zero-order valence-corrected chi connectivity index (χ0v) is 13.9. The zero-order valence-electron chi connectivity index (χ0n) is 13.1. The lowest BCUT2D eigenvalue weighted by Gasteiger charge is -2.02. The van der Waals surface area contributed by atoms with Gasteiger partial charge in [0.15, 0.2) is 5.69 Å². The summed E-state index contributed by atoms with van der Waals surface area (Å²) in [6, 6.07) is 6.79. The van der Waals surface area contributed by atoms with Gasteiger partial charge in [0.25, 0.3) is 11.5 Å². The summed E-state index contributed by atoms with van der Waals surface area (Å²) in [5, 5.41) is 12.0. The van der Waals surface area contributed by atoms with Crippen LogP contribution in [0.2, 0.25) is 0 Å². The van der Waals surface area contributed by atoms with E-state index in [9.17, 15) is 9.59 Å². The molecule has 2 N–H and O–H groups in total. The summed E-state index contributed by atoms with van der Waals surface area (Å²) in [6.07, 6.45) is 3.25. The molecule has 0 unspecified atom stereocenters. The van der Waals surface area contributed by atoms with E-state index >= 15 is 0 Å². The number of fused-ring (bicyclic) bond motifs is 1. The summed E-state index contributed by atoms with van der Waals surface area (Å²) in [7, 11) is 0. The van der Waals surface area contributed by atoms with Crippen LogP contribution >= 0.6 is 11.3 Å². The van der Waals surface area contributed by atoms with Gasteiger partial charge in [0.05, 0.1) is 21.5 Å². The number of H-pyrrole nitrogens is 1. The molecule has 2 heterocycles. The van der Waals surface area contributed by atoms with Crippen molar-refractivity contribution in [2.45, 2.75) is 19.8 Å². The number of hydrogen-bond donors (Lipinski definition) is 2. The molecule has 3 rings (SSSR count). The van der Waals surface area contributed by atoms with Crippen LogP contribution in [0.4, 0.5) is 0 Å². The van der Waals surface area contributed by atoms with Crippen LogP contribution in [0.25, 0.3) is 10.8 Å². The lowest BCUT2D eigenvalue weighted by Crippen LogP contribution is -2.22. The van der Waals surface area contributed by atoms with Gasteiger partial charge in [-0.2, -0.15) is 10.2 Å². The molecule has 0 atom stereocenters. The molecule has 0 saturated heterocycles. The summed E-state index contributed by atoms with van der Waals surface area (Å²) >= 11 is 1.52. The Labute approximate surface area is 141 Å².